The summed E-state index contributed by atoms with van der Waals surface area (Å²) in [5.41, 5.74) is 1.37. The fraction of sp³-hybridized carbons (Fsp3) is 0.818. The molecule has 0 aliphatic carbocycles. The van der Waals surface area contributed by atoms with Crippen LogP contribution in [0.3, 0.4) is 0 Å². The quantitative estimate of drug-likeness (QED) is 0.459. The smallest absolute Gasteiger partial charge is 0.0421 e. The second-order valence-electron chi connectivity index (χ2n) is 4.46. The third-order valence-electron chi connectivity index (χ3n) is 2.47. The molecule has 0 aliphatic rings. The molecule has 0 N–H and O–H groups in total. The van der Waals surface area contributed by atoms with Crippen LogP contribution in [-0.2, 0) is 0 Å². The van der Waals surface area contributed by atoms with E-state index < -0.39 is 0 Å². The zero-order valence-corrected chi connectivity index (χ0v) is 9.87. The zero-order chi connectivity index (χ0) is 9.94. The van der Waals surface area contributed by atoms with Crippen molar-refractivity contribution in [3.63, 3.8) is 0 Å². The molecule has 0 aromatic carbocycles. The van der Waals surface area contributed by atoms with Gasteiger partial charge in [-0.2, -0.15) is 0 Å². The molecule has 0 bridgehead atoms. The van der Waals surface area contributed by atoms with Crippen LogP contribution in [0.2, 0.25) is 0 Å². The molecule has 72 valence electrons. The van der Waals surface area contributed by atoms with Crippen LogP contribution >= 0.6 is 11.6 Å². The Morgan fingerprint density at radius 2 is 1.67 bits per heavy atom. The Kier molecular flexibility index (Phi) is 4.33. The van der Waals surface area contributed by atoms with E-state index in [1.807, 2.05) is 0 Å². The van der Waals surface area contributed by atoms with Crippen molar-refractivity contribution in [2.75, 3.05) is 0 Å². The van der Waals surface area contributed by atoms with Crippen molar-refractivity contribution in [2.24, 2.45) is 11.8 Å². The Morgan fingerprint density at radius 1 is 1.25 bits per heavy atom. The standard InChI is InChI=1S/C11H21Cl/c1-8(2)7-9(3)10(4)11(5,6)12/h7,9-10H,1-6H3/t9-,10-/m1/s1. The molecule has 0 amide bonds. The third-order valence-corrected chi connectivity index (χ3v) is 2.81. The van der Waals surface area contributed by atoms with Gasteiger partial charge in [-0.05, 0) is 39.5 Å². The first-order valence-electron chi connectivity index (χ1n) is 4.59. The van der Waals surface area contributed by atoms with E-state index >= 15 is 0 Å². The van der Waals surface area contributed by atoms with E-state index in [-0.39, 0.29) is 4.87 Å². The summed E-state index contributed by atoms with van der Waals surface area (Å²) in [7, 11) is 0. The van der Waals surface area contributed by atoms with Crippen LogP contribution in [-0.4, -0.2) is 4.87 Å². The first-order chi connectivity index (χ1) is 5.25. The van der Waals surface area contributed by atoms with Gasteiger partial charge in [-0.15, -0.1) is 11.6 Å². The van der Waals surface area contributed by atoms with Crippen molar-refractivity contribution < 1.29 is 0 Å². The van der Waals surface area contributed by atoms with E-state index in [0.29, 0.717) is 11.8 Å². The molecule has 1 heteroatoms. The number of hydrogen-bond acceptors (Lipinski definition) is 0. The number of rotatable bonds is 3. The largest absolute Gasteiger partial charge is 0.120 e. The van der Waals surface area contributed by atoms with Crippen LogP contribution < -0.4 is 0 Å². The zero-order valence-electron chi connectivity index (χ0n) is 9.11. The van der Waals surface area contributed by atoms with Gasteiger partial charge in [0.15, 0.2) is 0 Å². The lowest BCUT2D eigenvalue weighted by molar-refractivity contribution is 0.368. The van der Waals surface area contributed by atoms with E-state index in [2.05, 4.69) is 47.6 Å². The molecule has 2 atom stereocenters. The van der Waals surface area contributed by atoms with Crippen molar-refractivity contribution in [1.29, 1.82) is 0 Å². The van der Waals surface area contributed by atoms with Crippen LogP contribution in [0.4, 0.5) is 0 Å². The Hall–Kier alpha value is 0.0300. The van der Waals surface area contributed by atoms with E-state index in [1.165, 1.54) is 5.57 Å². The van der Waals surface area contributed by atoms with Crippen LogP contribution in [0.5, 0.6) is 0 Å². The second kappa shape index (κ2) is 4.32. The van der Waals surface area contributed by atoms with Crippen LogP contribution in [0.1, 0.15) is 41.5 Å². The molecule has 0 aromatic heterocycles. The molecule has 0 radical (unpaired) electrons. The minimum absolute atomic E-state index is 0.106. The summed E-state index contributed by atoms with van der Waals surface area (Å²) in [6, 6.07) is 0. The Labute approximate surface area is 82.0 Å². The maximum Gasteiger partial charge on any atom is 0.0421 e. The molecule has 12 heavy (non-hydrogen) atoms. The SMILES string of the molecule is CC(C)=C[C@@H](C)[C@@H](C)C(C)(C)Cl. The first-order valence-corrected chi connectivity index (χ1v) is 4.97. The van der Waals surface area contributed by atoms with Crippen molar-refractivity contribution in [2.45, 2.75) is 46.4 Å². The first kappa shape index (κ1) is 12.0. The van der Waals surface area contributed by atoms with Crippen molar-refractivity contribution in [1.82, 2.24) is 0 Å². The van der Waals surface area contributed by atoms with Gasteiger partial charge in [-0.25, -0.2) is 0 Å². The Bertz CT molecular complexity index is 158. The van der Waals surface area contributed by atoms with E-state index in [0.717, 1.165) is 0 Å². The minimum Gasteiger partial charge on any atom is -0.120 e. The Morgan fingerprint density at radius 3 is 1.92 bits per heavy atom. The minimum atomic E-state index is -0.106. The maximum atomic E-state index is 6.23. The van der Waals surface area contributed by atoms with E-state index in [9.17, 15) is 0 Å². The summed E-state index contributed by atoms with van der Waals surface area (Å²) in [6.07, 6.45) is 2.29. The van der Waals surface area contributed by atoms with Crippen molar-refractivity contribution >= 4 is 11.6 Å². The number of halogens is 1. The molecular weight excluding hydrogens is 168 g/mol. The molecule has 0 saturated heterocycles. The molecule has 0 saturated carbocycles. The van der Waals surface area contributed by atoms with Crippen LogP contribution in [0, 0.1) is 11.8 Å². The van der Waals surface area contributed by atoms with Gasteiger partial charge in [-0.3, -0.25) is 0 Å². The van der Waals surface area contributed by atoms with Crippen LogP contribution in [0.25, 0.3) is 0 Å². The molecule has 0 heterocycles. The number of hydrogen-bond donors (Lipinski definition) is 0. The normalized spacial score (nSPS) is 16.9. The summed E-state index contributed by atoms with van der Waals surface area (Å²) in [6.45, 7) is 12.8. The summed E-state index contributed by atoms with van der Waals surface area (Å²) >= 11 is 6.23. The van der Waals surface area contributed by atoms with Crippen molar-refractivity contribution in [3.05, 3.63) is 11.6 Å². The fourth-order valence-corrected chi connectivity index (χ4v) is 1.49. The Balaban J connectivity index is 4.30. The van der Waals surface area contributed by atoms with Gasteiger partial charge in [0.05, 0.1) is 0 Å². The monoisotopic (exact) mass is 188 g/mol. The summed E-state index contributed by atoms with van der Waals surface area (Å²) in [4.78, 5) is -0.106. The highest BCUT2D eigenvalue weighted by Gasteiger charge is 2.26. The summed E-state index contributed by atoms with van der Waals surface area (Å²) in [5, 5.41) is 0. The molecule has 0 aliphatic heterocycles. The lowest BCUT2D eigenvalue weighted by Crippen LogP contribution is -2.26. The number of alkyl halides is 1. The fourth-order valence-electron chi connectivity index (χ4n) is 1.30. The molecule has 0 fully saturated rings. The average molecular weight is 189 g/mol. The van der Waals surface area contributed by atoms with Gasteiger partial charge in [0.2, 0.25) is 0 Å². The highest BCUT2D eigenvalue weighted by atomic mass is 35.5. The van der Waals surface area contributed by atoms with E-state index in [4.69, 9.17) is 11.6 Å². The highest BCUT2D eigenvalue weighted by Crippen LogP contribution is 2.31. The second-order valence-corrected chi connectivity index (χ2v) is 5.43. The van der Waals surface area contributed by atoms with Gasteiger partial charge < -0.3 is 0 Å². The van der Waals surface area contributed by atoms with Gasteiger partial charge >= 0.3 is 0 Å². The van der Waals surface area contributed by atoms with Gasteiger partial charge in [0.1, 0.15) is 0 Å². The maximum absolute atomic E-state index is 6.23. The molecule has 0 rings (SSSR count). The predicted octanol–water partition coefficient (Wildman–Crippen LogP) is 4.24. The number of allylic oxidation sites excluding steroid dienone is 2. The highest BCUT2D eigenvalue weighted by molar-refractivity contribution is 6.23. The van der Waals surface area contributed by atoms with Gasteiger partial charge in [0, 0.05) is 4.87 Å². The van der Waals surface area contributed by atoms with E-state index in [1.54, 1.807) is 0 Å². The summed E-state index contributed by atoms with van der Waals surface area (Å²) < 4.78 is 0. The molecule has 0 unspecified atom stereocenters. The lowest BCUT2D eigenvalue weighted by atomic mass is 9.84. The predicted molar refractivity (Wildman–Crippen MR) is 57.7 cm³/mol. The van der Waals surface area contributed by atoms with Gasteiger partial charge in [-0.1, -0.05) is 25.5 Å². The molecule has 0 spiro atoms. The van der Waals surface area contributed by atoms with Gasteiger partial charge in [0.25, 0.3) is 0 Å². The topological polar surface area (TPSA) is 0 Å². The molecule has 0 aromatic rings. The third kappa shape index (κ3) is 4.15. The molecular formula is C11H21Cl. The summed E-state index contributed by atoms with van der Waals surface area (Å²) in [5.74, 6) is 1.07. The van der Waals surface area contributed by atoms with Crippen LogP contribution in [0.15, 0.2) is 11.6 Å². The molecule has 0 nitrogen and oxygen atoms in total. The lowest BCUT2D eigenvalue weighted by Gasteiger charge is -2.28. The van der Waals surface area contributed by atoms with Crippen molar-refractivity contribution in [3.8, 4) is 0 Å². The average Bonchev–Trinajstić information content (AvgIpc) is 1.82.